The number of carbonyl (C=O) groups is 1. The third kappa shape index (κ3) is 3.85. The Hall–Kier alpha value is -2.02. The second-order valence-corrected chi connectivity index (χ2v) is 6.25. The fraction of sp³-hybridized carbons (Fsp3) is 0.438. The molecule has 122 valence electrons. The Morgan fingerprint density at radius 1 is 1.22 bits per heavy atom. The zero-order valence-electron chi connectivity index (χ0n) is 13.0. The molecular weight excluding hydrogens is 315 g/mol. The second-order valence-electron chi connectivity index (χ2n) is 5.52. The van der Waals surface area contributed by atoms with Gasteiger partial charge in [-0.15, -0.1) is 0 Å². The first-order chi connectivity index (χ1) is 11.2. The van der Waals surface area contributed by atoms with Crippen molar-refractivity contribution in [2.75, 3.05) is 31.1 Å². The van der Waals surface area contributed by atoms with Crippen LogP contribution >= 0.6 is 11.5 Å². The van der Waals surface area contributed by atoms with Crippen molar-refractivity contribution in [3.63, 3.8) is 0 Å². The summed E-state index contributed by atoms with van der Waals surface area (Å²) < 4.78 is 17.3. The zero-order chi connectivity index (χ0) is 16.2. The normalized spacial score (nSPS) is 15.0. The highest BCUT2D eigenvalue weighted by atomic mass is 32.1. The standard InChI is InChI=1S/C16H19FN4OS/c1-2-15(22)20-7-9-21(10-8-20)16-18-14(19-23-16)11-12-3-5-13(17)6-4-12/h3-6H,2,7-11H2,1H3. The van der Waals surface area contributed by atoms with E-state index in [0.29, 0.717) is 12.8 Å². The highest BCUT2D eigenvalue weighted by Crippen LogP contribution is 2.20. The van der Waals surface area contributed by atoms with Crippen molar-refractivity contribution >= 4 is 22.6 Å². The van der Waals surface area contributed by atoms with Crippen molar-refractivity contribution in [3.05, 3.63) is 41.5 Å². The van der Waals surface area contributed by atoms with Crippen LogP contribution in [0.2, 0.25) is 0 Å². The summed E-state index contributed by atoms with van der Waals surface area (Å²) >= 11 is 1.38. The number of piperazine rings is 1. The Morgan fingerprint density at radius 2 is 1.91 bits per heavy atom. The minimum Gasteiger partial charge on any atom is -0.343 e. The molecule has 2 heterocycles. The van der Waals surface area contributed by atoms with E-state index < -0.39 is 0 Å². The number of aromatic nitrogens is 2. The third-order valence-electron chi connectivity index (χ3n) is 3.94. The molecule has 23 heavy (non-hydrogen) atoms. The van der Waals surface area contributed by atoms with Crippen LogP contribution in [0.3, 0.4) is 0 Å². The monoisotopic (exact) mass is 334 g/mol. The van der Waals surface area contributed by atoms with Gasteiger partial charge in [-0.2, -0.15) is 4.37 Å². The van der Waals surface area contributed by atoms with Crippen LogP contribution in [0, 0.1) is 5.82 Å². The first-order valence-corrected chi connectivity index (χ1v) is 8.53. The second kappa shape index (κ2) is 7.04. The molecule has 0 saturated carbocycles. The van der Waals surface area contributed by atoms with Gasteiger partial charge in [0.05, 0.1) is 0 Å². The van der Waals surface area contributed by atoms with Crippen LogP contribution in [0.1, 0.15) is 24.7 Å². The molecule has 1 aliphatic rings. The van der Waals surface area contributed by atoms with Crippen molar-refractivity contribution in [2.45, 2.75) is 19.8 Å². The Bertz CT molecular complexity index is 665. The summed E-state index contributed by atoms with van der Waals surface area (Å²) in [4.78, 5) is 20.3. The van der Waals surface area contributed by atoms with Gasteiger partial charge in [0.1, 0.15) is 11.6 Å². The summed E-state index contributed by atoms with van der Waals surface area (Å²) in [5.74, 6) is 0.725. The molecule has 0 bridgehead atoms. The van der Waals surface area contributed by atoms with Crippen LogP contribution in [-0.2, 0) is 11.2 Å². The number of hydrogen-bond acceptors (Lipinski definition) is 5. The fourth-order valence-corrected chi connectivity index (χ4v) is 3.34. The quantitative estimate of drug-likeness (QED) is 0.861. The highest BCUT2D eigenvalue weighted by Gasteiger charge is 2.22. The molecule has 0 spiro atoms. The van der Waals surface area contributed by atoms with Crippen LogP contribution in [0.15, 0.2) is 24.3 Å². The number of anilines is 1. The summed E-state index contributed by atoms with van der Waals surface area (Å²) in [6.07, 6.45) is 1.16. The van der Waals surface area contributed by atoms with Crippen LogP contribution in [-0.4, -0.2) is 46.3 Å². The lowest BCUT2D eigenvalue weighted by Gasteiger charge is -2.34. The lowest BCUT2D eigenvalue weighted by Crippen LogP contribution is -2.48. The molecule has 7 heteroatoms. The Kier molecular flexibility index (Phi) is 4.85. The number of benzene rings is 1. The van der Waals surface area contributed by atoms with Gasteiger partial charge in [0.15, 0.2) is 0 Å². The fourth-order valence-electron chi connectivity index (χ4n) is 2.60. The van der Waals surface area contributed by atoms with Crippen LogP contribution < -0.4 is 4.90 Å². The summed E-state index contributed by atoms with van der Waals surface area (Å²) in [6.45, 7) is 4.94. The van der Waals surface area contributed by atoms with Crippen LogP contribution in [0.5, 0.6) is 0 Å². The van der Waals surface area contributed by atoms with Crippen LogP contribution in [0.4, 0.5) is 9.52 Å². The highest BCUT2D eigenvalue weighted by molar-refractivity contribution is 7.09. The van der Waals surface area contributed by atoms with Gasteiger partial charge in [0, 0.05) is 50.6 Å². The van der Waals surface area contributed by atoms with Gasteiger partial charge >= 0.3 is 0 Å². The topological polar surface area (TPSA) is 49.3 Å². The molecule has 0 atom stereocenters. The lowest BCUT2D eigenvalue weighted by atomic mass is 10.1. The molecular formula is C16H19FN4OS. The predicted molar refractivity (Wildman–Crippen MR) is 88.2 cm³/mol. The van der Waals surface area contributed by atoms with E-state index in [2.05, 4.69) is 14.3 Å². The van der Waals surface area contributed by atoms with Gasteiger partial charge in [-0.05, 0) is 17.7 Å². The number of hydrogen-bond donors (Lipinski definition) is 0. The van der Waals surface area contributed by atoms with Gasteiger partial charge in [-0.1, -0.05) is 19.1 Å². The maximum atomic E-state index is 12.9. The van der Waals surface area contributed by atoms with Gasteiger partial charge in [-0.25, -0.2) is 9.37 Å². The molecule has 1 aromatic carbocycles. The predicted octanol–water partition coefficient (Wildman–Crippen LogP) is 2.33. The molecule has 0 unspecified atom stereocenters. The third-order valence-corrected chi connectivity index (χ3v) is 4.75. The Labute approximate surface area is 138 Å². The largest absolute Gasteiger partial charge is 0.343 e. The van der Waals surface area contributed by atoms with E-state index in [4.69, 9.17) is 0 Å². The number of rotatable bonds is 4. The summed E-state index contributed by atoms with van der Waals surface area (Å²) in [6, 6.07) is 6.41. The molecule has 2 aromatic rings. The number of halogens is 1. The van der Waals surface area contributed by atoms with Crippen molar-refractivity contribution in [2.24, 2.45) is 0 Å². The smallest absolute Gasteiger partial charge is 0.222 e. The van der Waals surface area contributed by atoms with E-state index in [1.165, 1.54) is 23.7 Å². The molecule has 0 N–H and O–H groups in total. The van der Waals surface area contributed by atoms with E-state index in [1.54, 1.807) is 12.1 Å². The molecule has 1 saturated heterocycles. The maximum Gasteiger partial charge on any atom is 0.222 e. The average molecular weight is 334 g/mol. The number of amides is 1. The van der Waals surface area contributed by atoms with E-state index in [1.807, 2.05) is 11.8 Å². The average Bonchev–Trinajstić information content (AvgIpc) is 3.05. The molecule has 1 amide bonds. The molecule has 0 radical (unpaired) electrons. The minimum atomic E-state index is -0.236. The lowest BCUT2D eigenvalue weighted by molar-refractivity contribution is -0.131. The molecule has 5 nitrogen and oxygen atoms in total. The van der Waals surface area contributed by atoms with E-state index >= 15 is 0 Å². The number of nitrogens with zero attached hydrogens (tertiary/aromatic N) is 4. The van der Waals surface area contributed by atoms with Gasteiger partial charge < -0.3 is 9.80 Å². The Morgan fingerprint density at radius 3 is 2.57 bits per heavy atom. The van der Waals surface area contributed by atoms with Crippen molar-refractivity contribution in [3.8, 4) is 0 Å². The Balaban J connectivity index is 1.59. The zero-order valence-corrected chi connectivity index (χ0v) is 13.9. The van der Waals surface area contributed by atoms with Gasteiger partial charge in [-0.3, -0.25) is 4.79 Å². The molecule has 3 rings (SSSR count). The SMILES string of the molecule is CCC(=O)N1CCN(c2nc(Cc3ccc(F)cc3)ns2)CC1. The van der Waals surface area contributed by atoms with Crippen LogP contribution in [0.25, 0.3) is 0 Å². The molecule has 1 fully saturated rings. The molecule has 1 aromatic heterocycles. The summed E-state index contributed by atoms with van der Waals surface area (Å²) in [5, 5.41) is 0.894. The van der Waals surface area contributed by atoms with Crippen molar-refractivity contribution in [1.82, 2.24) is 14.3 Å². The summed E-state index contributed by atoms with van der Waals surface area (Å²) in [5.41, 5.74) is 0.995. The maximum absolute atomic E-state index is 12.9. The number of carbonyl (C=O) groups excluding carboxylic acids is 1. The van der Waals surface area contributed by atoms with Gasteiger partial charge in [0.25, 0.3) is 0 Å². The minimum absolute atomic E-state index is 0.207. The molecule has 0 aliphatic carbocycles. The molecule has 1 aliphatic heterocycles. The van der Waals surface area contributed by atoms with Crippen molar-refractivity contribution < 1.29 is 9.18 Å². The van der Waals surface area contributed by atoms with E-state index in [9.17, 15) is 9.18 Å². The summed E-state index contributed by atoms with van der Waals surface area (Å²) in [7, 11) is 0. The first-order valence-electron chi connectivity index (χ1n) is 7.75. The van der Waals surface area contributed by atoms with E-state index in [0.717, 1.165) is 42.7 Å². The van der Waals surface area contributed by atoms with Gasteiger partial charge in [0.2, 0.25) is 11.0 Å². The van der Waals surface area contributed by atoms with E-state index in [-0.39, 0.29) is 11.7 Å². The first kappa shape index (κ1) is 15.9. The van der Waals surface area contributed by atoms with Crippen molar-refractivity contribution in [1.29, 1.82) is 0 Å².